The van der Waals surface area contributed by atoms with Crippen molar-refractivity contribution in [2.45, 2.75) is 47.0 Å². The third kappa shape index (κ3) is 5.21. The third-order valence-corrected chi connectivity index (χ3v) is 3.70. The molecule has 0 aromatic heterocycles. The van der Waals surface area contributed by atoms with Crippen LogP contribution in [-0.4, -0.2) is 17.2 Å². The van der Waals surface area contributed by atoms with Crippen molar-refractivity contribution >= 4 is 7.12 Å². The number of hydrogen-bond acceptors (Lipinski definition) is 2. The summed E-state index contributed by atoms with van der Waals surface area (Å²) in [6.07, 6.45) is 11.6. The molecule has 0 fully saturated rings. The summed E-state index contributed by atoms with van der Waals surface area (Å²) >= 11 is 0. The molecule has 1 rings (SSSR count). The maximum Gasteiger partial charge on any atom is 0.480 e. The van der Waals surface area contributed by atoms with E-state index in [-0.39, 0.29) is 5.41 Å². The molecule has 2 N–H and O–H groups in total. The van der Waals surface area contributed by atoms with Crippen LogP contribution in [0.3, 0.4) is 0 Å². The van der Waals surface area contributed by atoms with Gasteiger partial charge in [0.1, 0.15) is 0 Å². The topological polar surface area (TPSA) is 40.5 Å². The number of rotatable bonds is 4. The van der Waals surface area contributed by atoms with Crippen LogP contribution in [0.15, 0.2) is 47.0 Å². The molecule has 0 saturated heterocycles. The highest BCUT2D eigenvalue weighted by molar-refractivity contribution is 6.47. The van der Waals surface area contributed by atoms with Gasteiger partial charge < -0.3 is 10.0 Å². The van der Waals surface area contributed by atoms with E-state index in [0.29, 0.717) is 0 Å². The molecule has 0 aromatic rings. The van der Waals surface area contributed by atoms with Gasteiger partial charge in [-0.15, -0.1) is 0 Å². The van der Waals surface area contributed by atoms with Crippen LogP contribution in [0.25, 0.3) is 0 Å². The fourth-order valence-electron chi connectivity index (χ4n) is 2.59. The predicted molar refractivity (Wildman–Crippen MR) is 82.6 cm³/mol. The molecule has 0 atom stereocenters. The van der Waals surface area contributed by atoms with Gasteiger partial charge in [0.05, 0.1) is 0 Å². The van der Waals surface area contributed by atoms with Crippen molar-refractivity contribution in [1.82, 2.24) is 0 Å². The highest BCUT2D eigenvalue weighted by atomic mass is 16.4. The Hall–Kier alpha value is -1.06. The Morgan fingerprint density at radius 3 is 2.58 bits per heavy atom. The van der Waals surface area contributed by atoms with Crippen LogP contribution in [0, 0.1) is 5.41 Å². The van der Waals surface area contributed by atoms with E-state index >= 15 is 0 Å². The van der Waals surface area contributed by atoms with Crippen molar-refractivity contribution in [3.05, 3.63) is 47.0 Å². The molecular weight excluding hydrogens is 235 g/mol. The SMILES string of the molecule is CC1=C(/C=C/C(C)=C/C=C/B(O)O)C(C)(C)CCC1. The Bertz CT molecular complexity index is 426. The minimum atomic E-state index is -1.38. The first kappa shape index (κ1) is 16.0. The highest BCUT2D eigenvalue weighted by Gasteiger charge is 2.26. The summed E-state index contributed by atoms with van der Waals surface area (Å²) in [7, 11) is -1.38. The van der Waals surface area contributed by atoms with Gasteiger partial charge in [0.2, 0.25) is 0 Å². The maximum atomic E-state index is 8.72. The minimum Gasteiger partial charge on any atom is -0.424 e. The van der Waals surface area contributed by atoms with Crippen LogP contribution >= 0.6 is 0 Å². The Morgan fingerprint density at radius 1 is 1.32 bits per heavy atom. The number of allylic oxidation sites excluding steroid dienone is 7. The zero-order chi connectivity index (χ0) is 14.5. The van der Waals surface area contributed by atoms with E-state index in [1.54, 1.807) is 6.08 Å². The molecule has 19 heavy (non-hydrogen) atoms. The summed E-state index contributed by atoms with van der Waals surface area (Å²) in [4.78, 5) is 0. The molecule has 1 aliphatic carbocycles. The summed E-state index contributed by atoms with van der Waals surface area (Å²) in [5, 5.41) is 17.4. The second-order valence-electron chi connectivity index (χ2n) is 5.97. The van der Waals surface area contributed by atoms with E-state index in [0.717, 1.165) is 5.57 Å². The average molecular weight is 260 g/mol. The van der Waals surface area contributed by atoms with Gasteiger partial charge >= 0.3 is 7.12 Å². The van der Waals surface area contributed by atoms with Gasteiger partial charge in [-0.05, 0) is 44.1 Å². The summed E-state index contributed by atoms with van der Waals surface area (Å²) < 4.78 is 0. The lowest BCUT2D eigenvalue weighted by Crippen LogP contribution is -2.19. The van der Waals surface area contributed by atoms with Crippen molar-refractivity contribution in [2.24, 2.45) is 5.41 Å². The summed E-state index contributed by atoms with van der Waals surface area (Å²) in [5.74, 6) is 1.34. The molecule has 0 amide bonds. The van der Waals surface area contributed by atoms with Gasteiger partial charge in [0, 0.05) is 0 Å². The van der Waals surface area contributed by atoms with Gasteiger partial charge in [-0.25, -0.2) is 0 Å². The second kappa shape index (κ2) is 6.92. The first-order chi connectivity index (χ1) is 8.83. The van der Waals surface area contributed by atoms with Gasteiger partial charge in [0.25, 0.3) is 0 Å². The van der Waals surface area contributed by atoms with Crippen molar-refractivity contribution < 1.29 is 10.0 Å². The van der Waals surface area contributed by atoms with E-state index in [9.17, 15) is 0 Å². The molecule has 0 unspecified atom stereocenters. The molecule has 0 heterocycles. The van der Waals surface area contributed by atoms with Gasteiger partial charge in [-0.2, -0.15) is 0 Å². The normalized spacial score (nSPS) is 20.6. The highest BCUT2D eigenvalue weighted by Crippen LogP contribution is 2.40. The van der Waals surface area contributed by atoms with Crippen LogP contribution in [0.4, 0.5) is 0 Å². The van der Waals surface area contributed by atoms with Gasteiger partial charge in [-0.3, -0.25) is 0 Å². The molecule has 1 aliphatic rings. The largest absolute Gasteiger partial charge is 0.480 e. The molecule has 0 aromatic carbocycles. The summed E-state index contributed by atoms with van der Waals surface area (Å²) in [6, 6.07) is 0. The quantitative estimate of drug-likeness (QED) is 0.599. The lowest BCUT2D eigenvalue weighted by molar-refractivity contribution is 0.377. The Balaban J connectivity index is 2.80. The third-order valence-electron chi connectivity index (χ3n) is 3.70. The van der Waals surface area contributed by atoms with Crippen molar-refractivity contribution in [3.8, 4) is 0 Å². The van der Waals surface area contributed by atoms with E-state index in [1.807, 2.05) is 13.0 Å². The Labute approximate surface area is 117 Å². The molecule has 104 valence electrons. The van der Waals surface area contributed by atoms with Crippen molar-refractivity contribution in [1.29, 1.82) is 0 Å². The Morgan fingerprint density at radius 2 is 2.00 bits per heavy atom. The first-order valence-corrected chi connectivity index (χ1v) is 6.92. The fraction of sp³-hybridized carbons (Fsp3) is 0.500. The molecule has 0 spiro atoms. The van der Waals surface area contributed by atoms with Crippen LogP contribution in [0.2, 0.25) is 0 Å². The van der Waals surface area contributed by atoms with Crippen molar-refractivity contribution in [2.75, 3.05) is 0 Å². The summed E-state index contributed by atoms with van der Waals surface area (Å²) in [5.41, 5.74) is 4.29. The number of hydrogen-bond donors (Lipinski definition) is 2. The molecule has 2 nitrogen and oxygen atoms in total. The molecule has 0 aliphatic heterocycles. The standard InChI is InChI=1S/C16H25BO2/c1-13(7-6-12-17(18)19)9-10-15-14(2)8-5-11-16(15,3)4/h6-7,9-10,12,18-19H,5,8,11H2,1-4H3/b10-9+,12-6+,13-7+. The van der Waals surface area contributed by atoms with Crippen LogP contribution < -0.4 is 0 Å². The fourth-order valence-corrected chi connectivity index (χ4v) is 2.59. The van der Waals surface area contributed by atoms with E-state index in [2.05, 4.69) is 32.9 Å². The average Bonchev–Trinajstić information content (AvgIpc) is 2.26. The van der Waals surface area contributed by atoms with Crippen LogP contribution in [0.1, 0.15) is 47.0 Å². The minimum absolute atomic E-state index is 0.260. The molecule has 0 bridgehead atoms. The lowest BCUT2D eigenvalue weighted by atomic mass is 9.72. The first-order valence-electron chi connectivity index (χ1n) is 6.92. The smallest absolute Gasteiger partial charge is 0.424 e. The van der Waals surface area contributed by atoms with E-state index in [1.165, 1.54) is 36.4 Å². The van der Waals surface area contributed by atoms with Gasteiger partial charge in [-0.1, -0.05) is 55.3 Å². The molecule has 0 saturated carbocycles. The molecule has 0 radical (unpaired) electrons. The molecular formula is C16H25BO2. The van der Waals surface area contributed by atoms with Crippen LogP contribution in [-0.2, 0) is 0 Å². The second-order valence-corrected chi connectivity index (χ2v) is 5.97. The zero-order valence-corrected chi connectivity index (χ0v) is 12.5. The lowest BCUT2D eigenvalue weighted by Gasteiger charge is -2.32. The van der Waals surface area contributed by atoms with Gasteiger partial charge in [0.15, 0.2) is 0 Å². The van der Waals surface area contributed by atoms with Crippen molar-refractivity contribution in [3.63, 3.8) is 0 Å². The monoisotopic (exact) mass is 260 g/mol. The zero-order valence-electron chi connectivity index (χ0n) is 12.5. The molecule has 3 heteroatoms. The predicted octanol–water partition coefficient (Wildman–Crippen LogP) is 3.58. The Kier molecular flexibility index (Phi) is 5.83. The van der Waals surface area contributed by atoms with E-state index < -0.39 is 7.12 Å². The maximum absolute atomic E-state index is 8.72. The van der Waals surface area contributed by atoms with E-state index in [4.69, 9.17) is 10.0 Å². The van der Waals surface area contributed by atoms with Crippen LogP contribution in [0.5, 0.6) is 0 Å². The summed E-state index contributed by atoms with van der Waals surface area (Å²) in [6.45, 7) is 8.84.